The van der Waals surface area contributed by atoms with E-state index in [2.05, 4.69) is 9.72 Å². The first kappa shape index (κ1) is 29.3. The van der Waals surface area contributed by atoms with E-state index < -0.39 is 36.5 Å². The lowest BCUT2D eigenvalue weighted by molar-refractivity contribution is -0.605. The van der Waals surface area contributed by atoms with Crippen LogP contribution >= 0.6 is 23.2 Å². The zero-order valence-corrected chi connectivity index (χ0v) is 23.2. The van der Waals surface area contributed by atoms with Gasteiger partial charge in [0.05, 0.1) is 17.5 Å². The number of esters is 1. The molecular formula is C28H23Cl2F2N3O7. The van der Waals surface area contributed by atoms with E-state index in [1.165, 1.54) is 30.3 Å². The number of aromatic nitrogens is 3. The highest BCUT2D eigenvalue weighted by molar-refractivity contribution is 6.35. The summed E-state index contributed by atoms with van der Waals surface area (Å²) < 4.78 is 43.8. The number of hydrogen-bond acceptors (Lipinski definition) is 7. The normalized spacial score (nSPS) is 13.7. The number of nitrogens with one attached hydrogen (secondary N) is 1. The van der Waals surface area contributed by atoms with Gasteiger partial charge in [-0.15, -0.1) is 0 Å². The maximum Gasteiger partial charge on any atom is 0.387 e. The predicted molar refractivity (Wildman–Crippen MR) is 148 cm³/mol. The lowest BCUT2D eigenvalue weighted by atomic mass is 10.0. The highest BCUT2D eigenvalue weighted by Gasteiger charge is 2.27. The van der Waals surface area contributed by atoms with Crippen LogP contribution in [0.3, 0.4) is 0 Å². The first-order valence-corrected chi connectivity index (χ1v) is 13.5. The van der Waals surface area contributed by atoms with Gasteiger partial charge in [-0.3, -0.25) is 19.1 Å². The molecule has 0 amide bonds. The maximum atomic E-state index is 13.3. The van der Waals surface area contributed by atoms with Gasteiger partial charge in [-0.05, 0) is 48.6 Å². The van der Waals surface area contributed by atoms with Crippen LogP contribution in [0, 0.1) is 11.1 Å². The molecule has 1 saturated carbocycles. The Hall–Kier alpha value is -4.16. The van der Waals surface area contributed by atoms with Crippen molar-refractivity contribution < 1.29 is 32.5 Å². The number of aromatic amines is 1. The predicted octanol–water partition coefficient (Wildman–Crippen LogP) is 4.55. The Morgan fingerprint density at radius 2 is 1.81 bits per heavy atom. The van der Waals surface area contributed by atoms with E-state index in [1.54, 1.807) is 12.1 Å². The summed E-state index contributed by atoms with van der Waals surface area (Å²) in [6.07, 6.45) is 2.82. The molecule has 42 heavy (non-hydrogen) atoms. The summed E-state index contributed by atoms with van der Waals surface area (Å²) in [6, 6.07) is 10.3. The number of benzene rings is 2. The fourth-order valence-electron chi connectivity index (χ4n) is 4.39. The average Bonchev–Trinajstić information content (AvgIpc) is 3.76. The maximum absolute atomic E-state index is 13.3. The third-order valence-corrected chi connectivity index (χ3v) is 7.29. The summed E-state index contributed by atoms with van der Waals surface area (Å²) in [5.74, 6) is -0.747. The minimum Gasteiger partial charge on any atom is -0.619 e. The summed E-state index contributed by atoms with van der Waals surface area (Å²) in [5.41, 5.74) is -0.598. The molecule has 2 heterocycles. The number of ether oxygens (including phenoxy) is 3. The Labute approximate surface area is 246 Å². The van der Waals surface area contributed by atoms with E-state index in [-0.39, 0.29) is 51.0 Å². The van der Waals surface area contributed by atoms with Crippen molar-refractivity contribution in [2.75, 3.05) is 6.61 Å². The van der Waals surface area contributed by atoms with E-state index in [4.69, 9.17) is 32.7 Å². The van der Waals surface area contributed by atoms with E-state index in [0.717, 1.165) is 29.8 Å². The topological polar surface area (TPSA) is 127 Å². The van der Waals surface area contributed by atoms with Gasteiger partial charge in [0.15, 0.2) is 23.9 Å². The molecule has 1 N–H and O–H groups in total. The second kappa shape index (κ2) is 12.4. The Morgan fingerprint density at radius 1 is 1.10 bits per heavy atom. The van der Waals surface area contributed by atoms with E-state index in [0.29, 0.717) is 16.2 Å². The molecule has 2 aromatic heterocycles. The second-order valence-corrected chi connectivity index (χ2v) is 10.5. The van der Waals surface area contributed by atoms with Gasteiger partial charge in [-0.25, -0.2) is 4.79 Å². The lowest BCUT2D eigenvalue weighted by Crippen LogP contribution is -2.33. The largest absolute Gasteiger partial charge is 0.619 e. The number of carbonyl (C=O) groups excluding carboxylic acids is 1. The Morgan fingerprint density at radius 3 is 2.50 bits per heavy atom. The number of hydrogen-bond donors (Lipinski definition) is 1. The zero-order valence-electron chi connectivity index (χ0n) is 21.7. The number of nitrogens with zero attached hydrogens (tertiary/aromatic N) is 2. The zero-order chi connectivity index (χ0) is 30.0. The molecule has 1 fully saturated rings. The van der Waals surface area contributed by atoms with Crippen molar-refractivity contribution >= 4 is 40.1 Å². The molecule has 1 aliphatic carbocycles. The molecule has 10 nitrogen and oxygen atoms in total. The van der Waals surface area contributed by atoms with Crippen LogP contribution < -0.4 is 25.5 Å². The lowest BCUT2D eigenvalue weighted by Gasteiger charge is -2.22. The smallest absolute Gasteiger partial charge is 0.387 e. The molecule has 0 spiro atoms. The first-order valence-electron chi connectivity index (χ1n) is 12.8. The van der Waals surface area contributed by atoms with Crippen molar-refractivity contribution in [1.29, 1.82) is 0 Å². The molecule has 1 unspecified atom stereocenters. The standard InChI is InChI=1S/C28H23Cl2F2N3O7/c29-19-11-34(39)12-20(30)18(19)10-23(16-7-8-22(42-27(31)32)24(9-16)40-14-15-5-6-15)41-25(36)13-35-21-4-2-1-3-17(21)26(37)33-28(35)38/h1-4,7-9,11-12,15,23,27H,5-6,10,13-14H2,(H,33,37,38). The third kappa shape index (κ3) is 6.82. The summed E-state index contributed by atoms with van der Waals surface area (Å²) >= 11 is 12.6. The molecule has 0 bridgehead atoms. The highest BCUT2D eigenvalue weighted by atomic mass is 35.5. The molecule has 5 rings (SSSR count). The SMILES string of the molecule is O=C(Cn1c(=O)[nH]c(=O)c2ccccc21)OC(Cc1c(Cl)c[n+]([O-])cc1Cl)c1ccc(OC(F)F)c(OCC2CC2)c1. The molecule has 0 radical (unpaired) electrons. The fourth-order valence-corrected chi connectivity index (χ4v) is 4.98. The quantitative estimate of drug-likeness (QED) is 0.148. The fraction of sp³-hybridized carbons (Fsp3) is 0.286. The van der Waals surface area contributed by atoms with Crippen LogP contribution in [0.15, 0.2) is 64.4 Å². The van der Waals surface area contributed by atoms with Crippen LogP contribution in [-0.4, -0.2) is 28.7 Å². The molecular weight excluding hydrogens is 599 g/mol. The van der Waals surface area contributed by atoms with Crippen LogP contribution in [0.5, 0.6) is 11.5 Å². The Kier molecular flexibility index (Phi) is 8.64. The van der Waals surface area contributed by atoms with Crippen molar-refractivity contribution in [3.05, 3.63) is 102 Å². The van der Waals surface area contributed by atoms with Crippen molar-refractivity contribution in [3.8, 4) is 11.5 Å². The van der Waals surface area contributed by atoms with Crippen LogP contribution in [0.25, 0.3) is 10.9 Å². The molecule has 4 aromatic rings. The molecule has 0 aliphatic heterocycles. The summed E-state index contributed by atoms with van der Waals surface area (Å²) in [5, 5.41) is 12.0. The third-order valence-electron chi connectivity index (χ3n) is 6.64. The van der Waals surface area contributed by atoms with Gasteiger partial charge in [0.2, 0.25) is 0 Å². The van der Waals surface area contributed by atoms with Gasteiger partial charge in [0, 0.05) is 12.0 Å². The minimum atomic E-state index is -3.10. The highest BCUT2D eigenvalue weighted by Crippen LogP contribution is 2.37. The van der Waals surface area contributed by atoms with E-state index in [9.17, 15) is 28.4 Å². The molecule has 14 heteroatoms. The number of alkyl halides is 2. The molecule has 2 aromatic carbocycles. The van der Waals surface area contributed by atoms with Crippen LogP contribution in [0.4, 0.5) is 8.78 Å². The van der Waals surface area contributed by atoms with Crippen molar-refractivity contribution in [3.63, 3.8) is 0 Å². The van der Waals surface area contributed by atoms with Gasteiger partial charge < -0.3 is 19.4 Å². The second-order valence-electron chi connectivity index (χ2n) is 9.68. The Balaban J connectivity index is 1.50. The van der Waals surface area contributed by atoms with Crippen molar-refractivity contribution in [2.45, 2.75) is 38.5 Å². The van der Waals surface area contributed by atoms with Crippen LogP contribution in [0.1, 0.15) is 30.1 Å². The Bertz CT molecular complexity index is 1740. The average molecular weight is 622 g/mol. The molecule has 0 saturated heterocycles. The number of fused-ring (bicyclic) bond motifs is 1. The number of para-hydroxylation sites is 1. The number of halogens is 4. The molecule has 1 aliphatic rings. The van der Waals surface area contributed by atoms with Crippen molar-refractivity contribution in [1.82, 2.24) is 9.55 Å². The van der Waals surface area contributed by atoms with Gasteiger partial charge in [0.1, 0.15) is 22.7 Å². The van der Waals surface area contributed by atoms with Crippen LogP contribution in [0.2, 0.25) is 10.0 Å². The number of carbonyl (C=O) groups is 1. The summed E-state index contributed by atoms with van der Waals surface area (Å²) in [6.45, 7) is -3.38. The van der Waals surface area contributed by atoms with Crippen LogP contribution in [-0.2, 0) is 22.5 Å². The van der Waals surface area contributed by atoms with E-state index >= 15 is 0 Å². The van der Waals surface area contributed by atoms with E-state index in [1.807, 2.05) is 0 Å². The number of rotatable bonds is 11. The molecule has 220 valence electrons. The summed E-state index contributed by atoms with van der Waals surface area (Å²) in [4.78, 5) is 40.3. The van der Waals surface area contributed by atoms with Gasteiger partial charge in [-0.1, -0.05) is 41.4 Å². The van der Waals surface area contributed by atoms with Gasteiger partial charge in [-0.2, -0.15) is 13.5 Å². The monoisotopic (exact) mass is 621 g/mol. The van der Waals surface area contributed by atoms with Crippen molar-refractivity contribution in [2.24, 2.45) is 5.92 Å². The number of pyridine rings is 1. The minimum absolute atomic E-state index is 0.00394. The first-order chi connectivity index (χ1) is 20.1. The van der Waals surface area contributed by atoms with Gasteiger partial charge >= 0.3 is 18.3 Å². The summed E-state index contributed by atoms with van der Waals surface area (Å²) in [7, 11) is 0. The molecule has 1 atom stereocenters. The number of H-pyrrole nitrogens is 1. The van der Waals surface area contributed by atoms with Gasteiger partial charge in [0.25, 0.3) is 5.56 Å².